The fourth-order valence-electron chi connectivity index (χ4n) is 4.91. The van der Waals surface area contributed by atoms with Gasteiger partial charge in [-0.3, -0.25) is 19.5 Å². The molecule has 3 aliphatic rings. The fourth-order valence-corrected chi connectivity index (χ4v) is 4.91. The van der Waals surface area contributed by atoms with E-state index in [2.05, 4.69) is 21.8 Å². The molecular weight excluding hydrogens is 378 g/mol. The average Bonchev–Trinajstić information content (AvgIpc) is 3.50. The number of carbonyl (C=O) groups is 1. The van der Waals surface area contributed by atoms with Crippen LogP contribution < -0.4 is 5.56 Å². The fraction of sp³-hybridized carbons (Fsp3) is 0.565. The molecule has 1 saturated carbocycles. The molecule has 30 heavy (non-hydrogen) atoms. The van der Waals surface area contributed by atoms with Crippen LogP contribution in [0.25, 0.3) is 0 Å². The number of fused-ring (bicyclic) bond motifs is 1. The van der Waals surface area contributed by atoms with Gasteiger partial charge in [-0.15, -0.1) is 0 Å². The molecule has 0 radical (unpaired) electrons. The van der Waals surface area contributed by atoms with Crippen LogP contribution in [0.15, 0.2) is 29.3 Å². The van der Waals surface area contributed by atoms with Crippen LogP contribution in [-0.4, -0.2) is 43.7 Å². The molecule has 2 fully saturated rings. The monoisotopic (exact) mass is 407 g/mol. The maximum absolute atomic E-state index is 13.0. The van der Waals surface area contributed by atoms with Crippen molar-refractivity contribution < 1.29 is 4.79 Å². The van der Waals surface area contributed by atoms with Crippen LogP contribution in [0.1, 0.15) is 61.3 Å². The normalized spacial score (nSPS) is 26.3. The number of carbonyl (C=O) groups excluding carboxylic acids is 1. The number of H-pyrrole nitrogens is 1. The molecule has 4 heterocycles. The molecule has 7 nitrogen and oxygen atoms in total. The molecule has 0 aromatic carbocycles. The highest BCUT2D eigenvalue weighted by atomic mass is 16.2. The van der Waals surface area contributed by atoms with E-state index < -0.39 is 0 Å². The highest BCUT2D eigenvalue weighted by Crippen LogP contribution is 2.42. The molecule has 2 aliphatic heterocycles. The molecule has 3 atom stereocenters. The number of rotatable bonds is 4. The topological polar surface area (TPSA) is 82.2 Å². The van der Waals surface area contributed by atoms with E-state index >= 15 is 0 Å². The third-order valence-electron chi connectivity index (χ3n) is 6.85. The first kappa shape index (κ1) is 19.4. The number of hydrogen-bond donors (Lipinski definition) is 1. The Morgan fingerprint density at radius 2 is 2.03 bits per heavy atom. The van der Waals surface area contributed by atoms with Gasteiger partial charge in [-0.1, -0.05) is 6.92 Å². The van der Waals surface area contributed by atoms with Gasteiger partial charge >= 0.3 is 0 Å². The van der Waals surface area contributed by atoms with Crippen LogP contribution in [0.4, 0.5) is 0 Å². The highest BCUT2D eigenvalue weighted by Gasteiger charge is 2.44. The van der Waals surface area contributed by atoms with E-state index in [1.54, 1.807) is 0 Å². The smallest absolute Gasteiger partial charge is 0.254 e. The van der Waals surface area contributed by atoms with Crippen molar-refractivity contribution in [1.82, 2.24) is 24.8 Å². The summed E-state index contributed by atoms with van der Waals surface area (Å²) >= 11 is 0. The molecule has 1 saturated heterocycles. The molecule has 5 rings (SSSR count). The van der Waals surface area contributed by atoms with Crippen molar-refractivity contribution in [1.29, 1.82) is 0 Å². The highest BCUT2D eigenvalue weighted by molar-refractivity contribution is 5.82. The molecule has 2 aromatic rings. The number of likely N-dealkylation sites (tertiary alicyclic amines) is 1. The minimum absolute atomic E-state index is 0.0312. The predicted octanol–water partition coefficient (Wildman–Crippen LogP) is 2.43. The van der Waals surface area contributed by atoms with Gasteiger partial charge < -0.3 is 9.88 Å². The molecule has 1 amide bonds. The van der Waals surface area contributed by atoms with Crippen LogP contribution in [0.3, 0.4) is 0 Å². The summed E-state index contributed by atoms with van der Waals surface area (Å²) in [5.74, 6) is 1.56. The summed E-state index contributed by atoms with van der Waals surface area (Å²) < 4.78 is 0. The van der Waals surface area contributed by atoms with Crippen LogP contribution in [0, 0.1) is 11.8 Å². The number of amides is 1. The van der Waals surface area contributed by atoms with E-state index in [4.69, 9.17) is 4.98 Å². The lowest BCUT2D eigenvalue weighted by Gasteiger charge is -2.36. The third-order valence-corrected chi connectivity index (χ3v) is 6.85. The Morgan fingerprint density at radius 1 is 1.23 bits per heavy atom. The van der Waals surface area contributed by atoms with E-state index in [0.29, 0.717) is 24.7 Å². The molecule has 2 aromatic heterocycles. The minimum atomic E-state index is -0.104. The molecule has 1 aliphatic carbocycles. The molecule has 1 N–H and O–H groups in total. The number of nitrogens with zero attached hydrogens (tertiary/aromatic N) is 4. The lowest BCUT2D eigenvalue weighted by molar-refractivity contribution is -0.137. The first-order chi connectivity index (χ1) is 14.6. The van der Waals surface area contributed by atoms with Crippen LogP contribution >= 0.6 is 0 Å². The zero-order valence-electron chi connectivity index (χ0n) is 17.5. The summed E-state index contributed by atoms with van der Waals surface area (Å²) in [5.41, 5.74) is 2.85. The number of hydrogen-bond acceptors (Lipinski definition) is 5. The molecule has 158 valence electrons. The minimum Gasteiger partial charge on any atom is -0.332 e. The average molecular weight is 408 g/mol. The van der Waals surface area contributed by atoms with Crippen LogP contribution in [0.2, 0.25) is 0 Å². The molecule has 7 heteroatoms. The van der Waals surface area contributed by atoms with Crippen LogP contribution in [0.5, 0.6) is 0 Å². The van der Waals surface area contributed by atoms with Crippen molar-refractivity contribution in [2.24, 2.45) is 11.8 Å². The second kappa shape index (κ2) is 7.95. The molecular formula is C23H29N5O2. The lowest BCUT2D eigenvalue weighted by atomic mass is 9.99. The Hall–Kier alpha value is -2.54. The van der Waals surface area contributed by atoms with Gasteiger partial charge in [0.25, 0.3) is 5.56 Å². The van der Waals surface area contributed by atoms with Crippen LogP contribution in [-0.2, 0) is 24.3 Å². The van der Waals surface area contributed by atoms with E-state index in [9.17, 15) is 9.59 Å². The molecule has 0 unspecified atom stereocenters. The summed E-state index contributed by atoms with van der Waals surface area (Å²) in [4.78, 5) is 42.2. The van der Waals surface area contributed by atoms with Gasteiger partial charge in [0.05, 0.1) is 11.7 Å². The number of piperidine rings is 1. The van der Waals surface area contributed by atoms with Crippen molar-refractivity contribution >= 4 is 5.91 Å². The van der Waals surface area contributed by atoms with E-state index in [1.807, 2.05) is 29.4 Å². The second-order valence-electron chi connectivity index (χ2n) is 9.06. The van der Waals surface area contributed by atoms with E-state index in [1.165, 1.54) is 5.56 Å². The Kier molecular flexibility index (Phi) is 5.15. The van der Waals surface area contributed by atoms with Crippen molar-refractivity contribution in [3.05, 3.63) is 57.5 Å². The number of pyridine rings is 1. The standard InChI is InChI=1S/C23H29N5O2/c1-15-12-18(15)23(30)28-10-3-2-4-20(28)21-25-19-14-27(11-7-17(19)22(29)26-21)13-16-5-8-24-9-6-16/h5-6,8-9,15,18,20H,2-4,7,10-14H2,1H3,(H,25,26,29)/t15-,18-,20+/m1/s1. The lowest BCUT2D eigenvalue weighted by Crippen LogP contribution is -2.42. The first-order valence-corrected chi connectivity index (χ1v) is 11.1. The van der Waals surface area contributed by atoms with Crippen molar-refractivity contribution in [2.75, 3.05) is 13.1 Å². The van der Waals surface area contributed by atoms with Gasteiger partial charge in [0.15, 0.2) is 0 Å². The zero-order chi connectivity index (χ0) is 20.7. The number of aromatic amines is 1. The van der Waals surface area contributed by atoms with Crippen molar-refractivity contribution in [2.45, 2.75) is 58.2 Å². The zero-order valence-corrected chi connectivity index (χ0v) is 17.5. The van der Waals surface area contributed by atoms with Gasteiger partial charge in [0.1, 0.15) is 5.82 Å². The number of aromatic nitrogens is 3. The van der Waals surface area contributed by atoms with Gasteiger partial charge in [-0.05, 0) is 55.7 Å². The molecule has 0 spiro atoms. The maximum Gasteiger partial charge on any atom is 0.254 e. The Bertz CT molecular complexity index is 989. The van der Waals surface area contributed by atoms with Crippen molar-refractivity contribution in [3.8, 4) is 0 Å². The van der Waals surface area contributed by atoms with Gasteiger partial charge in [-0.2, -0.15) is 0 Å². The van der Waals surface area contributed by atoms with E-state index in [-0.39, 0.29) is 23.4 Å². The SMILES string of the molecule is C[C@@H]1C[C@H]1C(=O)N1CCCC[C@H]1c1nc2c(c(=O)[nH]1)CCN(Cc1ccncc1)C2. The molecule has 0 bridgehead atoms. The predicted molar refractivity (Wildman–Crippen MR) is 112 cm³/mol. The Labute approximate surface area is 176 Å². The summed E-state index contributed by atoms with van der Waals surface area (Å²) in [6.45, 7) is 5.22. The number of nitrogens with one attached hydrogen (secondary N) is 1. The first-order valence-electron chi connectivity index (χ1n) is 11.1. The van der Waals surface area contributed by atoms with Gasteiger partial charge in [0.2, 0.25) is 5.91 Å². The summed E-state index contributed by atoms with van der Waals surface area (Å²) in [6.07, 6.45) is 8.26. The Balaban J connectivity index is 1.39. The largest absolute Gasteiger partial charge is 0.332 e. The summed E-state index contributed by atoms with van der Waals surface area (Å²) in [7, 11) is 0. The van der Waals surface area contributed by atoms with E-state index in [0.717, 1.165) is 56.6 Å². The summed E-state index contributed by atoms with van der Waals surface area (Å²) in [5, 5.41) is 0. The van der Waals surface area contributed by atoms with Gasteiger partial charge in [0, 0.05) is 50.1 Å². The second-order valence-corrected chi connectivity index (χ2v) is 9.06. The van der Waals surface area contributed by atoms with Crippen molar-refractivity contribution in [3.63, 3.8) is 0 Å². The maximum atomic E-state index is 13.0. The Morgan fingerprint density at radius 3 is 2.80 bits per heavy atom. The quantitative estimate of drug-likeness (QED) is 0.842. The third kappa shape index (κ3) is 3.78. The van der Waals surface area contributed by atoms with Gasteiger partial charge in [-0.25, -0.2) is 4.98 Å². The summed E-state index contributed by atoms with van der Waals surface area (Å²) in [6, 6.07) is 3.94.